The molecule has 0 spiro atoms. The summed E-state index contributed by atoms with van der Waals surface area (Å²) in [5.74, 6) is 0.406. The summed E-state index contributed by atoms with van der Waals surface area (Å²) in [6.45, 7) is 4.06. The number of nitrogens with one attached hydrogen (secondary N) is 1. The second kappa shape index (κ2) is 7.31. The Morgan fingerprint density at radius 3 is 3.00 bits per heavy atom. The van der Waals surface area contributed by atoms with E-state index in [2.05, 4.69) is 22.2 Å². The van der Waals surface area contributed by atoms with E-state index in [1.807, 2.05) is 0 Å². The van der Waals surface area contributed by atoms with Crippen molar-refractivity contribution in [2.75, 3.05) is 13.2 Å². The van der Waals surface area contributed by atoms with Crippen LogP contribution < -0.4 is 5.32 Å². The van der Waals surface area contributed by atoms with Crippen molar-refractivity contribution in [3.05, 3.63) is 24.3 Å². The molecule has 2 N–H and O–H groups in total. The Bertz CT molecular complexity index is 253. The van der Waals surface area contributed by atoms with Gasteiger partial charge in [-0.1, -0.05) is 6.92 Å². The SMILES string of the molecule is CC(CO)CCCNCc1cnccn1. The summed E-state index contributed by atoms with van der Waals surface area (Å²) in [7, 11) is 0. The fourth-order valence-corrected chi connectivity index (χ4v) is 1.30. The third-order valence-corrected chi connectivity index (χ3v) is 2.28. The van der Waals surface area contributed by atoms with Gasteiger partial charge in [-0.3, -0.25) is 9.97 Å². The predicted octanol–water partition coefficient (Wildman–Crippen LogP) is 0.975. The minimum Gasteiger partial charge on any atom is -0.396 e. The number of aliphatic hydroxyl groups is 1. The van der Waals surface area contributed by atoms with Crippen molar-refractivity contribution < 1.29 is 5.11 Å². The molecule has 0 aliphatic carbocycles. The minimum absolute atomic E-state index is 0.282. The second-order valence-electron chi connectivity index (χ2n) is 3.80. The van der Waals surface area contributed by atoms with Gasteiger partial charge in [0.05, 0.1) is 5.69 Å². The van der Waals surface area contributed by atoms with Gasteiger partial charge in [0.1, 0.15) is 0 Å². The van der Waals surface area contributed by atoms with Gasteiger partial charge in [-0.2, -0.15) is 0 Å². The third kappa shape index (κ3) is 5.44. The molecular weight excluding hydrogens is 190 g/mol. The normalized spacial score (nSPS) is 12.7. The zero-order valence-corrected chi connectivity index (χ0v) is 9.19. The molecule has 1 rings (SSSR count). The average molecular weight is 209 g/mol. The van der Waals surface area contributed by atoms with E-state index in [9.17, 15) is 0 Å². The molecule has 0 aliphatic heterocycles. The first-order valence-electron chi connectivity index (χ1n) is 5.39. The third-order valence-electron chi connectivity index (χ3n) is 2.28. The van der Waals surface area contributed by atoms with Gasteiger partial charge in [0.25, 0.3) is 0 Å². The van der Waals surface area contributed by atoms with E-state index in [0.717, 1.165) is 31.6 Å². The molecule has 0 aromatic carbocycles. The summed E-state index contributed by atoms with van der Waals surface area (Å²) in [5, 5.41) is 12.1. The van der Waals surface area contributed by atoms with Crippen LogP contribution in [0.3, 0.4) is 0 Å². The first-order valence-corrected chi connectivity index (χ1v) is 5.39. The molecule has 1 heterocycles. The largest absolute Gasteiger partial charge is 0.396 e. The lowest BCUT2D eigenvalue weighted by molar-refractivity contribution is 0.228. The molecule has 0 fully saturated rings. The highest BCUT2D eigenvalue weighted by molar-refractivity contribution is 4.93. The summed E-state index contributed by atoms with van der Waals surface area (Å²) < 4.78 is 0. The first-order chi connectivity index (χ1) is 7.33. The van der Waals surface area contributed by atoms with Gasteiger partial charge in [0, 0.05) is 31.7 Å². The van der Waals surface area contributed by atoms with Crippen molar-refractivity contribution in [1.82, 2.24) is 15.3 Å². The van der Waals surface area contributed by atoms with Crippen molar-refractivity contribution in [3.8, 4) is 0 Å². The molecule has 0 radical (unpaired) electrons. The van der Waals surface area contributed by atoms with Crippen LogP contribution in [0.4, 0.5) is 0 Å². The molecule has 4 nitrogen and oxygen atoms in total. The van der Waals surface area contributed by atoms with Crippen LogP contribution in [0.15, 0.2) is 18.6 Å². The number of nitrogens with zero attached hydrogens (tertiary/aromatic N) is 2. The van der Waals surface area contributed by atoms with Gasteiger partial charge in [-0.15, -0.1) is 0 Å². The number of aliphatic hydroxyl groups excluding tert-OH is 1. The number of hydrogen-bond acceptors (Lipinski definition) is 4. The molecule has 1 aromatic rings. The molecule has 15 heavy (non-hydrogen) atoms. The van der Waals surface area contributed by atoms with Crippen molar-refractivity contribution in [2.24, 2.45) is 5.92 Å². The van der Waals surface area contributed by atoms with Gasteiger partial charge in [-0.05, 0) is 25.3 Å². The van der Waals surface area contributed by atoms with Gasteiger partial charge in [0.2, 0.25) is 0 Å². The van der Waals surface area contributed by atoms with Crippen LogP contribution >= 0.6 is 0 Å². The zero-order chi connectivity index (χ0) is 10.9. The highest BCUT2D eigenvalue weighted by Crippen LogP contribution is 2.02. The Balaban J connectivity index is 2.03. The lowest BCUT2D eigenvalue weighted by Gasteiger charge is -2.07. The molecule has 1 unspecified atom stereocenters. The molecule has 0 amide bonds. The van der Waals surface area contributed by atoms with Crippen LogP contribution in [-0.2, 0) is 6.54 Å². The summed E-state index contributed by atoms with van der Waals surface area (Å²) >= 11 is 0. The number of aromatic nitrogens is 2. The smallest absolute Gasteiger partial charge is 0.0724 e. The molecule has 0 aliphatic rings. The van der Waals surface area contributed by atoms with E-state index >= 15 is 0 Å². The molecular formula is C11H19N3O. The van der Waals surface area contributed by atoms with Gasteiger partial charge >= 0.3 is 0 Å². The van der Waals surface area contributed by atoms with Crippen LogP contribution in [0.2, 0.25) is 0 Å². The first kappa shape index (κ1) is 12.1. The molecule has 0 bridgehead atoms. The van der Waals surface area contributed by atoms with Crippen molar-refractivity contribution in [2.45, 2.75) is 26.3 Å². The highest BCUT2D eigenvalue weighted by Gasteiger charge is 1.99. The Labute approximate surface area is 90.8 Å². The van der Waals surface area contributed by atoms with E-state index in [-0.39, 0.29) is 6.61 Å². The Morgan fingerprint density at radius 2 is 2.33 bits per heavy atom. The molecule has 0 saturated heterocycles. The summed E-state index contributed by atoms with van der Waals surface area (Å²) in [4.78, 5) is 8.15. The number of rotatable bonds is 7. The molecule has 4 heteroatoms. The van der Waals surface area contributed by atoms with Crippen LogP contribution in [0.25, 0.3) is 0 Å². The van der Waals surface area contributed by atoms with Gasteiger partial charge in [0.15, 0.2) is 0 Å². The quantitative estimate of drug-likeness (QED) is 0.657. The molecule has 1 aromatic heterocycles. The number of hydrogen-bond donors (Lipinski definition) is 2. The Morgan fingerprint density at radius 1 is 1.47 bits per heavy atom. The van der Waals surface area contributed by atoms with Gasteiger partial charge in [-0.25, -0.2) is 0 Å². The summed E-state index contributed by atoms with van der Waals surface area (Å²) in [6, 6.07) is 0. The maximum atomic E-state index is 8.83. The molecule has 1 atom stereocenters. The maximum absolute atomic E-state index is 8.83. The van der Waals surface area contributed by atoms with Crippen LogP contribution in [-0.4, -0.2) is 28.2 Å². The fraction of sp³-hybridized carbons (Fsp3) is 0.636. The lowest BCUT2D eigenvalue weighted by Crippen LogP contribution is -2.16. The standard InChI is InChI=1S/C11H19N3O/c1-10(9-15)3-2-4-12-7-11-8-13-5-6-14-11/h5-6,8,10,12,15H,2-4,7,9H2,1H3. The predicted molar refractivity (Wildman–Crippen MR) is 59.2 cm³/mol. The van der Waals surface area contributed by atoms with Gasteiger partial charge < -0.3 is 10.4 Å². The van der Waals surface area contributed by atoms with E-state index in [4.69, 9.17) is 5.11 Å². The van der Waals surface area contributed by atoms with Crippen molar-refractivity contribution in [1.29, 1.82) is 0 Å². The molecule has 84 valence electrons. The molecule has 0 saturated carbocycles. The lowest BCUT2D eigenvalue weighted by atomic mass is 10.1. The van der Waals surface area contributed by atoms with E-state index < -0.39 is 0 Å². The second-order valence-corrected chi connectivity index (χ2v) is 3.80. The van der Waals surface area contributed by atoms with Crippen molar-refractivity contribution >= 4 is 0 Å². The van der Waals surface area contributed by atoms with E-state index in [0.29, 0.717) is 5.92 Å². The highest BCUT2D eigenvalue weighted by atomic mass is 16.3. The maximum Gasteiger partial charge on any atom is 0.0724 e. The van der Waals surface area contributed by atoms with Crippen LogP contribution in [0, 0.1) is 5.92 Å². The Kier molecular flexibility index (Phi) is 5.88. The van der Waals surface area contributed by atoms with E-state index in [1.165, 1.54) is 0 Å². The van der Waals surface area contributed by atoms with Crippen LogP contribution in [0.5, 0.6) is 0 Å². The average Bonchev–Trinajstić information content (AvgIpc) is 2.29. The summed E-state index contributed by atoms with van der Waals surface area (Å²) in [5.41, 5.74) is 0.965. The van der Waals surface area contributed by atoms with Crippen LogP contribution in [0.1, 0.15) is 25.5 Å². The Hall–Kier alpha value is -1.00. The topological polar surface area (TPSA) is 58.0 Å². The summed E-state index contributed by atoms with van der Waals surface area (Å²) in [6.07, 6.45) is 7.28. The van der Waals surface area contributed by atoms with Crippen molar-refractivity contribution in [3.63, 3.8) is 0 Å². The minimum atomic E-state index is 0.282. The monoisotopic (exact) mass is 209 g/mol. The fourth-order valence-electron chi connectivity index (χ4n) is 1.30. The zero-order valence-electron chi connectivity index (χ0n) is 9.19. The van der Waals surface area contributed by atoms with E-state index in [1.54, 1.807) is 18.6 Å².